The Morgan fingerprint density at radius 2 is 2.17 bits per heavy atom. The van der Waals surface area contributed by atoms with E-state index in [-0.39, 0.29) is 18.5 Å². The van der Waals surface area contributed by atoms with Crippen molar-refractivity contribution in [1.29, 1.82) is 5.26 Å². The average Bonchev–Trinajstić information content (AvgIpc) is 3.20. The van der Waals surface area contributed by atoms with Crippen molar-refractivity contribution in [3.8, 4) is 6.07 Å². The Kier molecular flexibility index (Phi) is 4.83. The highest BCUT2D eigenvalue weighted by molar-refractivity contribution is 7.18. The summed E-state index contributed by atoms with van der Waals surface area (Å²) >= 11 is 1.66. The molecule has 0 radical (unpaired) electrons. The quantitative estimate of drug-likeness (QED) is 0.905. The van der Waals surface area contributed by atoms with Crippen LogP contribution in [0.25, 0.3) is 10.2 Å². The maximum atomic E-state index is 12.4. The van der Waals surface area contributed by atoms with Gasteiger partial charge in [0.1, 0.15) is 10.5 Å². The van der Waals surface area contributed by atoms with Gasteiger partial charge in [0.25, 0.3) is 0 Å². The average molecular weight is 342 g/mol. The van der Waals surface area contributed by atoms with Gasteiger partial charge in [-0.25, -0.2) is 4.98 Å². The number of hydrogen-bond donors (Lipinski definition) is 1. The van der Waals surface area contributed by atoms with Crippen molar-refractivity contribution in [1.82, 2.24) is 15.2 Å². The van der Waals surface area contributed by atoms with Crippen molar-refractivity contribution < 1.29 is 4.79 Å². The summed E-state index contributed by atoms with van der Waals surface area (Å²) in [5.74, 6) is -0.0890. The van der Waals surface area contributed by atoms with E-state index < -0.39 is 5.54 Å². The molecule has 126 valence electrons. The fourth-order valence-corrected chi connectivity index (χ4v) is 4.26. The second kappa shape index (κ2) is 6.88. The van der Waals surface area contributed by atoms with Crippen molar-refractivity contribution >= 4 is 27.5 Å². The van der Waals surface area contributed by atoms with Crippen LogP contribution in [0, 0.1) is 11.3 Å². The molecule has 1 N–H and O–H groups in total. The Morgan fingerprint density at radius 3 is 2.83 bits per heavy atom. The lowest BCUT2D eigenvalue weighted by atomic mass is 10.00. The summed E-state index contributed by atoms with van der Waals surface area (Å²) in [6, 6.07) is 10.4. The molecule has 1 aromatic carbocycles. The molecule has 1 fully saturated rings. The van der Waals surface area contributed by atoms with E-state index in [4.69, 9.17) is 0 Å². The summed E-state index contributed by atoms with van der Waals surface area (Å²) in [5, 5.41) is 13.3. The Hall–Kier alpha value is -1.97. The van der Waals surface area contributed by atoms with Gasteiger partial charge >= 0.3 is 0 Å². The normalized spacial score (nSPS) is 17.8. The lowest BCUT2D eigenvalue weighted by Crippen LogP contribution is -2.48. The molecule has 1 aliphatic rings. The van der Waals surface area contributed by atoms with Crippen LogP contribution in [-0.4, -0.2) is 34.9 Å². The highest BCUT2D eigenvalue weighted by Gasteiger charge is 2.35. The highest BCUT2D eigenvalue weighted by Crippen LogP contribution is 2.30. The largest absolute Gasteiger partial charge is 0.337 e. The number of para-hydroxylation sites is 1. The van der Waals surface area contributed by atoms with E-state index in [1.54, 1.807) is 11.3 Å². The number of nitrogens with one attached hydrogen (secondary N) is 1. The maximum absolute atomic E-state index is 12.4. The standard InChI is InChI=1S/C18H22N4OS/c1-13(17-20-14-7-3-4-8-15(14)24-17)22(2)11-16(23)21-18(12-19)9-5-6-10-18/h3-4,7-8,13H,5-6,9-11H2,1-2H3,(H,21,23)/t13-/m1/s1. The predicted molar refractivity (Wildman–Crippen MR) is 95.6 cm³/mol. The topological polar surface area (TPSA) is 69.0 Å². The zero-order chi connectivity index (χ0) is 17.2. The number of nitrogens with zero attached hydrogens (tertiary/aromatic N) is 3. The molecule has 1 aliphatic carbocycles. The van der Waals surface area contributed by atoms with Gasteiger partial charge in [0.05, 0.1) is 28.9 Å². The summed E-state index contributed by atoms with van der Waals surface area (Å²) < 4.78 is 1.16. The Labute approximate surface area is 146 Å². The van der Waals surface area contributed by atoms with Crippen LogP contribution in [0.1, 0.15) is 43.7 Å². The van der Waals surface area contributed by atoms with E-state index in [0.717, 1.165) is 40.9 Å². The van der Waals surface area contributed by atoms with Crippen LogP contribution in [-0.2, 0) is 4.79 Å². The van der Waals surface area contributed by atoms with Crippen LogP contribution in [0.15, 0.2) is 24.3 Å². The second-order valence-corrected chi connectivity index (χ2v) is 7.62. The molecule has 24 heavy (non-hydrogen) atoms. The molecule has 3 rings (SSSR count). The lowest BCUT2D eigenvalue weighted by molar-refractivity contribution is -0.123. The number of aromatic nitrogens is 1. The van der Waals surface area contributed by atoms with Crippen molar-refractivity contribution in [2.45, 2.75) is 44.2 Å². The Balaban J connectivity index is 1.64. The van der Waals surface area contributed by atoms with Gasteiger partial charge in [-0.1, -0.05) is 12.1 Å². The van der Waals surface area contributed by atoms with Gasteiger partial charge in [0, 0.05) is 0 Å². The number of carbonyl (C=O) groups is 1. The first-order chi connectivity index (χ1) is 11.5. The molecule has 0 saturated heterocycles. The number of nitriles is 1. The minimum absolute atomic E-state index is 0.0507. The van der Waals surface area contributed by atoms with E-state index in [1.807, 2.05) is 30.1 Å². The molecule has 0 unspecified atom stereocenters. The smallest absolute Gasteiger partial charge is 0.235 e. The summed E-state index contributed by atoms with van der Waals surface area (Å²) in [6.45, 7) is 2.32. The summed E-state index contributed by atoms with van der Waals surface area (Å²) in [7, 11) is 1.92. The minimum Gasteiger partial charge on any atom is -0.337 e. The molecule has 1 amide bonds. The lowest BCUT2D eigenvalue weighted by Gasteiger charge is -2.26. The van der Waals surface area contributed by atoms with Gasteiger partial charge in [-0.2, -0.15) is 5.26 Å². The van der Waals surface area contributed by atoms with Crippen LogP contribution in [0.3, 0.4) is 0 Å². The molecule has 0 aliphatic heterocycles. The van der Waals surface area contributed by atoms with Gasteiger partial charge in [-0.3, -0.25) is 9.69 Å². The molecule has 2 aromatic rings. The first-order valence-electron chi connectivity index (χ1n) is 8.31. The van der Waals surface area contributed by atoms with Crippen molar-refractivity contribution in [2.24, 2.45) is 0 Å². The van der Waals surface area contributed by atoms with E-state index in [0.29, 0.717) is 0 Å². The third kappa shape index (κ3) is 3.42. The molecule has 0 spiro atoms. The van der Waals surface area contributed by atoms with Gasteiger partial charge in [-0.15, -0.1) is 11.3 Å². The maximum Gasteiger partial charge on any atom is 0.235 e. The number of hydrogen-bond acceptors (Lipinski definition) is 5. The number of carbonyl (C=O) groups excluding carboxylic acids is 1. The summed E-state index contributed by atoms with van der Waals surface area (Å²) in [5.41, 5.74) is 0.341. The molecule has 1 heterocycles. The van der Waals surface area contributed by atoms with E-state index in [2.05, 4.69) is 29.4 Å². The van der Waals surface area contributed by atoms with Gasteiger partial charge in [0.2, 0.25) is 5.91 Å². The van der Waals surface area contributed by atoms with Crippen molar-refractivity contribution in [3.63, 3.8) is 0 Å². The molecular weight excluding hydrogens is 320 g/mol. The first kappa shape index (κ1) is 16.9. The van der Waals surface area contributed by atoms with E-state index >= 15 is 0 Å². The third-order valence-electron chi connectivity index (χ3n) is 4.77. The molecule has 6 heteroatoms. The van der Waals surface area contributed by atoms with Crippen LogP contribution >= 0.6 is 11.3 Å². The monoisotopic (exact) mass is 342 g/mol. The zero-order valence-corrected chi connectivity index (χ0v) is 14.9. The number of amides is 1. The van der Waals surface area contributed by atoms with Crippen molar-refractivity contribution in [2.75, 3.05) is 13.6 Å². The van der Waals surface area contributed by atoms with E-state index in [1.165, 1.54) is 0 Å². The number of likely N-dealkylation sites (N-methyl/N-ethyl adjacent to an activating group) is 1. The predicted octanol–water partition coefficient (Wildman–Crippen LogP) is 3.24. The number of fused-ring (bicyclic) bond motifs is 1. The zero-order valence-electron chi connectivity index (χ0n) is 14.1. The van der Waals surface area contributed by atoms with E-state index in [9.17, 15) is 10.1 Å². The fourth-order valence-electron chi connectivity index (χ4n) is 3.17. The summed E-state index contributed by atoms with van der Waals surface area (Å²) in [4.78, 5) is 19.0. The number of thiazole rings is 1. The molecule has 1 atom stereocenters. The molecule has 1 saturated carbocycles. The highest BCUT2D eigenvalue weighted by atomic mass is 32.1. The van der Waals surface area contributed by atoms with Gasteiger partial charge in [0.15, 0.2) is 0 Å². The number of benzene rings is 1. The van der Waals surface area contributed by atoms with Crippen LogP contribution in [0.4, 0.5) is 0 Å². The Bertz CT molecular complexity index is 740. The van der Waals surface area contributed by atoms with Gasteiger partial charge in [-0.05, 0) is 51.8 Å². The fraction of sp³-hybridized carbons (Fsp3) is 0.500. The molecule has 0 bridgehead atoms. The second-order valence-electron chi connectivity index (χ2n) is 6.56. The van der Waals surface area contributed by atoms with Crippen LogP contribution in [0.5, 0.6) is 0 Å². The molecular formula is C18H22N4OS. The van der Waals surface area contributed by atoms with Crippen LogP contribution < -0.4 is 5.32 Å². The third-order valence-corrected chi connectivity index (χ3v) is 5.98. The SMILES string of the molecule is C[C@H](c1nc2ccccc2s1)N(C)CC(=O)NC1(C#N)CCCC1. The molecule has 1 aromatic heterocycles. The number of rotatable bonds is 5. The molecule has 5 nitrogen and oxygen atoms in total. The Morgan fingerprint density at radius 1 is 1.46 bits per heavy atom. The summed E-state index contributed by atoms with van der Waals surface area (Å²) in [6.07, 6.45) is 3.52. The van der Waals surface area contributed by atoms with Crippen molar-refractivity contribution in [3.05, 3.63) is 29.3 Å². The first-order valence-corrected chi connectivity index (χ1v) is 9.13. The van der Waals surface area contributed by atoms with Gasteiger partial charge < -0.3 is 5.32 Å². The van der Waals surface area contributed by atoms with Crippen LogP contribution in [0.2, 0.25) is 0 Å². The minimum atomic E-state index is -0.656.